The van der Waals surface area contributed by atoms with Crippen LogP contribution in [-0.2, 0) is 10.0 Å². The molecule has 0 bridgehead atoms. The minimum Gasteiger partial charge on any atom is -0.387 e. The van der Waals surface area contributed by atoms with Crippen molar-refractivity contribution in [1.82, 2.24) is 9.21 Å². The Hall–Kier alpha value is -0.950. The van der Waals surface area contributed by atoms with E-state index >= 15 is 0 Å². The molecule has 0 spiro atoms. The van der Waals surface area contributed by atoms with E-state index in [2.05, 4.69) is 0 Å². The molecule has 6 heteroatoms. The van der Waals surface area contributed by atoms with Crippen LogP contribution < -0.4 is 0 Å². The molecule has 0 saturated carbocycles. The lowest BCUT2D eigenvalue weighted by molar-refractivity contribution is 0.0302. The van der Waals surface area contributed by atoms with Crippen LogP contribution in [0.15, 0.2) is 35.2 Å². The third-order valence-electron chi connectivity index (χ3n) is 3.29. The predicted molar refractivity (Wildman–Crippen MR) is 73.3 cm³/mol. The van der Waals surface area contributed by atoms with Crippen LogP contribution in [0.2, 0.25) is 0 Å². The van der Waals surface area contributed by atoms with Gasteiger partial charge in [0.15, 0.2) is 0 Å². The van der Waals surface area contributed by atoms with Crippen LogP contribution in [0, 0.1) is 0 Å². The van der Waals surface area contributed by atoms with Crippen LogP contribution in [0.4, 0.5) is 0 Å². The molecule has 2 rings (SSSR count). The quantitative estimate of drug-likeness (QED) is 0.868. The smallest absolute Gasteiger partial charge is 0.243 e. The molecule has 19 heavy (non-hydrogen) atoms. The van der Waals surface area contributed by atoms with Crippen LogP contribution in [0.5, 0.6) is 0 Å². The molecular formula is C13H20N2O3S. The second kappa shape index (κ2) is 5.20. The van der Waals surface area contributed by atoms with Gasteiger partial charge in [-0.3, -0.25) is 0 Å². The van der Waals surface area contributed by atoms with Gasteiger partial charge < -0.3 is 10.0 Å². The van der Waals surface area contributed by atoms with Gasteiger partial charge in [0.1, 0.15) is 0 Å². The van der Waals surface area contributed by atoms with Crippen molar-refractivity contribution in [1.29, 1.82) is 0 Å². The van der Waals surface area contributed by atoms with Crippen molar-refractivity contribution < 1.29 is 13.5 Å². The molecule has 1 saturated heterocycles. The summed E-state index contributed by atoms with van der Waals surface area (Å²) in [6.07, 6.45) is 0.469. The second-order valence-electron chi connectivity index (χ2n) is 5.36. The normalized spacial score (nSPS) is 25.1. The van der Waals surface area contributed by atoms with Gasteiger partial charge in [0.25, 0.3) is 0 Å². The van der Waals surface area contributed by atoms with Crippen LogP contribution in [0.1, 0.15) is 6.42 Å². The zero-order valence-electron chi connectivity index (χ0n) is 11.3. The summed E-state index contributed by atoms with van der Waals surface area (Å²) in [6, 6.07) is 8.35. The summed E-state index contributed by atoms with van der Waals surface area (Å²) in [5.74, 6) is 0. The van der Waals surface area contributed by atoms with E-state index in [1.54, 1.807) is 30.3 Å². The van der Waals surface area contributed by atoms with E-state index in [4.69, 9.17) is 0 Å². The fourth-order valence-electron chi connectivity index (χ4n) is 2.48. The largest absolute Gasteiger partial charge is 0.387 e. The van der Waals surface area contributed by atoms with E-state index in [1.165, 1.54) is 4.31 Å². The van der Waals surface area contributed by atoms with E-state index in [1.807, 2.05) is 19.0 Å². The predicted octanol–water partition coefficient (Wildman–Crippen LogP) is 0.374. The molecule has 1 N–H and O–H groups in total. The van der Waals surface area contributed by atoms with Gasteiger partial charge in [-0.1, -0.05) is 18.2 Å². The maximum atomic E-state index is 12.4. The topological polar surface area (TPSA) is 60.9 Å². The SMILES string of the molecule is CN(C)C[C@@]1(O)CCN(S(=O)(=O)c2ccccc2)C1. The Balaban J connectivity index is 2.17. The van der Waals surface area contributed by atoms with Crippen molar-refractivity contribution in [2.45, 2.75) is 16.9 Å². The molecule has 5 nitrogen and oxygen atoms in total. The fourth-order valence-corrected chi connectivity index (χ4v) is 4.02. The molecule has 1 heterocycles. The van der Waals surface area contributed by atoms with Crippen LogP contribution in [0.3, 0.4) is 0 Å². The molecule has 1 aromatic carbocycles. The molecule has 106 valence electrons. The molecule has 0 amide bonds. The second-order valence-corrected chi connectivity index (χ2v) is 7.30. The number of hydrogen-bond donors (Lipinski definition) is 1. The Morgan fingerprint density at radius 3 is 2.53 bits per heavy atom. The number of likely N-dealkylation sites (N-methyl/N-ethyl adjacent to an activating group) is 1. The van der Waals surface area contributed by atoms with Gasteiger partial charge in [-0.05, 0) is 32.6 Å². The van der Waals surface area contributed by atoms with Gasteiger partial charge in [-0.2, -0.15) is 4.31 Å². The minimum absolute atomic E-state index is 0.155. The third kappa shape index (κ3) is 3.14. The summed E-state index contributed by atoms with van der Waals surface area (Å²) in [5.41, 5.74) is -0.953. The number of hydrogen-bond acceptors (Lipinski definition) is 4. The summed E-state index contributed by atoms with van der Waals surface area (Å²) in [7, 11) is 0.244. The van der Waals surface area contributed by atoms with E-state index in [9.17, 15) is 13.5 Å². The first-order valence-corrected chi connectivity index (χ1v) is 7.70. The zero-order chi connectivity index (χ0) is 14.1. The van der Waals surface area contributed by atoms with Gasteiger partial charge in [-0.15, -0.1) is 0 Å². The average molecular weight is 284 g/mol. The number of sulfonamides is 1. The van der Waals surface area contributed by atoms with Gasteiger partial charge >= 0.3 is 0 Å². The molecule has 0 aromatic heterocycles. The lowest BCUT2D eigenvalue weighted by atomic mass is 10.0. The number of benzene rings is 1. The highest BCUT2D eigenvalue weighted by molar-refractivity contribution is 7.89. The van der Waals surface area contributed by atoms with Gasteiger partial charge in [0, 0.05) is 19.6 Å². The zero-order valence-corrected chi connectivity index (χ0v) is 12.1. The van der Waals surface area contributed by atoms with Crippen LogP contribution in [0.25, 0.3) is 0 Å². The standard InChI is InChI=1S/C13H20N2O3S/c1-14(2)10-13(16)8-9-15(11-13)19(17,18)12-6-4-3-5-7-12/h3-7,16H,8-11H2,1-2H3/t13-/m0/s1. The molecule has 0 radical (unpaired) electrons. The summed E-state index contributed by atoms with van der Waals surface area (Å²) in [5, 5.41) is 10.4. The van der Waals surface area contributed by atoms with Crippen LogP contribution in [-0.4, -0.2) is 62.1 Å². The highest BCUT2D eigenvalue weighted by atomic mass is 32.2. The Kier molecular flexibility index (Phi) is 3.96. The monoisotopic (exact) mass is 284 g/mol. The number of β-amino-alcohol motifs (C(OH)–C–C–N with tert-alkyl or cyclic N) is 1. The Labute approximate surface area is 114 Å². The number of rotatable bonds is 4. The molecule has 0 unspecified atom stereocenters. The molecule has 0 aliphatic carbocycles. The summed E-state index contributed by atoms with van der Waals surface area (Å²) in [4.78, 5) is 2.16. The lowest BCUT2D eigenvalue weighted by Crippen LogP contribution is -2.43. The van der Waals surface area contributed by atoms with E-state index in [0.717, 1.165) is 0 Å². The summed E-state index contributed by atoms with van der Waals surface area (Å²) >= 11 is 0. The van der Waals surface area contributed by atoms with Crippen molar-refractivity contribution in [2.75, 3.05) is 33.7 Å². The van der Waals surface area contributed by atoms with E-state index in [0.29, 0.717) is 19.5 Å². The Bertz CT molecular complexity index is 530. The van der Waals surface area contributed by atoms with Crippen molar-refractivity contribution in [3.05, 3.63) is 30.3 Å². The Morgan fingerprint density at radius 1 is 1.32 bits per heavy atom. The number of aliphatic hydroxyl groups is 1. The number of nitrogens with zero attached hydrogens (tertiary/aromatic N) is 2. The maximum Gasteiger partial charge on any atom is 0.243 e. The van der Waals surface area contributed by atoms with Crippen molar-refractivity contribution >= 4 is 10.0 Å². The van der Waals surface area contributed by atoms with Crippen molar-refractivity contribution in [3.63, 3.8) is 0 Å². The maximum absolute atomic E-state index is 12.4. The van der Waals surface area contributed by atoms with Gasteiger partial charge in [-0.25, -0.2) is 8.42 Å². The van der Waals surface area contributed by atoms with Crippen molar-refractivity contribution in [3.8, 4) is 0 Å². The highest BCUT2D eigenvalue weighted by Gasteiger charge is 2.41. The average Bonchev–Trinajstić information content (AvgIpc) is 2.72. The minimum atomic E-state index is -3.49. The van der Waals surface area contributed by atoms with Gasteiger partial charge in [0.2, 0.25) is 10.0 Å². The first-order valence-electron chi connectivity index (χ1n) is 6.26. The van der Waals surface area contributed by atoms with Gasteiger partial charge in [0.05, 0.1) is 10.5 Å². The molecule has 1 fully saturated rings. The molecule has 1 aliphatic rings. The first-order chi connectivity index (χ1) is 8.83. The van der Waals surface area contributed by atoms with Crippen molar-refractivity contribution in [2.24, 2.45) is 0 Å². The van der Waals surface area contributed by atoms with E-state index in [-0.39, 0.29) is 11.4 Å². The summed E-state index contributed by atoms with van der Waals surface area (Å²) < 4.78 is 26.2. The third-order valence-corrected chi connectivity index (χ3v) is 5.15. The molecule has 1 atom stereocenters. The Morgan fingerprint density at radius 2 is 1.95 bits per heavy atom. The lowest BCUT2D eigenvalue weighted by Gasteiger charge is -2.26. The fraction of sp³-hybridized carbons (Fsp3) is 0.538. The molecular weight excluding hydrogens is 264 g/mol. The first kappa shape index (κ1) is 14.5. The summed E-state index contributed by atoms with van der Waals surface area (Å²) in [6.45, 7) is 0.984. The molecule has 1 aromatic rings. The highest BCUT2D eigenvalue weighted by Crippen LogP contribution is 2.27. The van der Waals surface area contributed by atoms with Crippen LogP contribution >= 0.6 is 0 Å². The molecule has 1 aliphatic heterocycles. The van der Waals surface area contributed by atoms with E-state index < -0.39 is 15.6 Å².